The van der Waals surface area contributed by atoms with Crippen LogP contribution in [-0.4, -0.2) is 25.8 Å². The maximum Gasteiger partial charge on any atom is 0.279 e. The van der Waals surface area contributed by atoms with E-state index in [9.17, 15) is 4.79 Å². The number of benzene rings is 1. The minimum absolute atomic E-state index is 0.176. The number of nitrogens with one attached hydrogen (secondary N) is 1. The van der Waals surface area contributed by atoms with Gasteiger partial charge in [-0.25, -0.2) is 4.98 Å². The fourth-order valence-electron chi connectivity index (χ4n) is 2.93. The van der Waals surface area contributed by atoms with E-state index in [1.165, 1.54) is 11.3 Å². The van der Waals surface area contributed by atoms with Crippen LogP contribution in [0.3, 0.4) is 0 Å². The molecule has 0 bridgehead atoms. The smallest absolute Gasteiger partial charge is 0.279 e. The molecule has 1 N–H and O–H groups in total. The summed E-state index contributed by atoms with van der Waals surface area (Å²) in [6.07, 6.45) is 1.60. The van der Waals surface area contributed by atoms with Crippen molar-refractivity contribution < 1.29 is 13.7 Å². The Labute approximate surface area is 174 Å². The molecule has 0 aliphatic carbocycles. The first-order valence-electron chi connectivity index (χ1n) is 9.07. The standard InChI is InChI=1S/C21H15N5O3S/c1-13-10-19(26(24-13)21-22-16(12-30-21)17-8-5-9-28-17)23-20(27)15-11-18(29-25-15)14-6-3-2-4-7-14/h2-12H,1H3,(H,23,27). The summed E-state index contributed by atoms with van der Waals surface area (Å²) >= 11 is 1.40. The van der Waals surface area contributed by atoms with Gasteiger partial charge in [0.1, 0.15) is 11.5 Å². The topological polar surface area (TPSA) is 99.0 Å². The van der Waals surface area contributed by atoms with Crippen LogP contribution in [0.2, 0.25) is 0 Å². The number of carbonyl (C=O) groups excluding carboxylic acids is 1. The summed E-state index contributed by atoms with van der Waals surface area (Å²) in [6, 6.07) is 16.5. The molecule has 0 atom stereocenters. The van der Waals surface area contributed by atoms with E-state index in [-0.39, 0.29) is 5.69 Å². The van der Waals surface area contributed by atoms with Gasteiger partial charge < -0.3 is 14.3 Å². The molecule has 0 aliphatic rings. The minimum atomic E-state index is -0.398. The van der Waals surface area contributed by atoms with E-state index in [2.05, 4.69) is 20.6 Å². The molecule has 5 rings (SSSR count). The van der Waals surface area contributed by atoms with Gasteiger partial charge in [0.05, 0.1) is 12.0 Å². The minimum Gasteiger partial charge on any atom is -0.463 e. The first kappa shape index (κ1) is 18.1. The van der Waals surface area contributed by atoms with Crippen molar-refractivity contribution in [1.82, 2.24) is 19.9 Å². The molecule has 1 amide bonds. The Morgan fingerprint density at radius 3 is 2.77 bits per heavy atom. The summed E-state index contributed by atoms with van der Waals surface area (Å²) in [5, 5.41) is 13.7. The second-order valence-corrected chi connectivity index (χ2v) is 7.31. The molecule has 4 heterocycles. The number of amides is 1. The molecule has 30 heavy (non-hydrogen) atoms. The average Bonchev–Trinajstić information content (AvgIpc) is 3.54. The second kappa shape index (κ2) is 7.45. The lowest BCUT2D eigenvalue weighted by Crippen LogP contribution is -2.15. The lowest BCUT2D eigenvalue weighted by Gasteiger charge is -2.04. The van der Waals surface area contributed by atoms with E-state index in [4.69, 9.17) is 8.94 Å². The third-order valence-corrected chi connectivity index (χ3v) is 5.14. The third kappa shape index (κ3) is 3.42. The summed E-state index contributed by atoms with van der Waals surface area (Å²) in [5.41, 5.74) is 2.47. The first-order valence-corrected chi connectivity index (χ1v) is 9.95. The second-order valence-electron chi connectivity index (χ2n) is 6.47. The summed E-state index contributed by atoms with van der Waals surface area (Å²) in [5.74, 6) is 1.28. The number of carbonyl (C=O) groups is 1. The first-order chi connectivity index (χ1) is 14.7. The van der Waals surface area contributed by atoms with E-state index >= 15 is 0 Å². The summed E-state index contributed by atoms with van der Waals surface area (Å²) < 4.78 is 12.3. The number of nitrogens with zero attached hydrogens (tertiary/aromatic N) is 4. The average molecular weight is 417 g/mol. The number of rotatable bonds is 5. The van der Waals surface area contributed by atoms with E-state index < -0.39 is 5.91 Å². The molecule has 1 aromatic carbocycles. The van der Waals surface area contributed by atoms with E-state index in [0.29, 0.717) is 28.2 Å². The van der Waals surface area contributed by atoms with Crippen molar-refractivity contribution in [2.45, 2.75) is 6.92 Å². The van der Waals surface area contributed by atoms with Crippen molar-refractivity contribution in [3.63, 3.8) is 0 Å². The van der Waals surface area contributed by atoms with Gasteiger partial charge in [-0.3, -0.25) is 4.79 Å². The number of aromatic nitrogens is 4. The van der Waals surface area contributed by atoms with Gasteiger partial charge in [0.25, 0.3) is 5.91 Å². The highest BCUT2D eigenvalue weighted by Crippen LogP contribution is 2.27. The summed E-state index contributed by atoms with van der Waals surface area (Å²) in [7, 11) is 0. The fourth-order valence-corrected chi connectivity index (χ4v) is 3.71. The number of anilines is 1. The Morgan fingerprint density at radius 1 is 1.10 bits per heavy atom. The Balaban J connectivity index is 1.40. The highest BCUT2D eigenvalue weighted by molar-refractivity contribution is 7.12. The molecule has 8 nitrogen and oxygen atoms in total. The van der Waals surface area contributed by atoms with Crippen LogP contribution in [-0.2, 0) is 0 Å². The third-order valence-electron chi connectivity index (χ3n) is 4.32. The summed E-state index contributed by atoms with van der Waals surface area (Å²) in [6.45, 7) is 1.84. The van der Waals surface area contributed by atoms with Crippen LogP contribution in [0, 0.1) is 6.92 Å². The molecule has 0 spiro atoms. The Bertz CT molecular complexity index is 1300. The molecule has 0 fully saturated rings. The highest BCUT2D eigenvalue weighted by atomic mass is 32.1. The monoisotopic (exact) mass is 417 g/mol. The molecular formula is C21H15N5O3S. The lowest BCUT2D eigenvalue weighted by atomic mass is 10.1. The van der Waals surface area contributed by atoms with Crippen molar-refractivity contribution >= 4 is 23.1 Å². The Hall–Kier alpha value is -3.98. The van der Waals surface area contributed by atoms with E-state index in [0.717, 1.165) is 11.3 Å². The number of furan rings is 1. The molecular weight excluding hydrogens is 402 g/mol. The number of hydrogen-bond donors (Lipinski definition) is 1. The fraction of sp³-hybridized carbons (Fsp3) is 0.0476. The van der Waals surface area contributed by atoms with Gasteiger partial charge in [0.15, 0.2) is 17.2 Å². The molecule has 148 valence electrons. The van der Waals surface area contributed by atoms with Crippen molar-refractivity contribution in [2.75, 3.05) is 5.32 Å². The van der Waals surface area contributed by atoms with Crippen LogP contribution in [0.4, 0.5) is 5.82 Å². The zero-order valence-corrected chi connectivity index (χ0v) is 16.6. The Morgan fingerprint density at radius 2 is 1.97 bits per heavy atom. The molecule has 0 radical (unpaired) electrons. The molecule has 0 aliphatic heterocycles. The van der Waals surface area contributed by atoms with Gasteiger partial charge in [0.2, 0.25) is 5.13 Å². The van der Waals surface area contributed by atoms with Crippen LogP contribution in [0.25, 0.3) is 27.9 Å². The Kier molecular flexibility index (Phi) is 4.49. The zero-order valence-electron chi connectivity index (χ0n) is 15.8. The SMILES string of the molecule is Cc1cc(NC(=O)c2cc(-c3ccccc3)on2)n(-c2nc(-c3ccco3)cs2)n1. The molecule has 4 aromatic heterocycles. The van der Waals surface area contributed by atoms with Gasteiger partial charge >= 0.3 is 0 Å². The van der Waals surface area contributed by atoms with Crippen molar-refractivity contribution in [3.05, 3.63) is 77.6 Å². The van der Waals surface area contributed by atoms with Gasteiger partial charge in [-0.1, -0.05) is 35.5 Å². The molecule has 0 saturated heterocycles. The zero-order chi connectivity index (χ0) is 20.5. The normalized spacial score (nSPS) is 11.0. The maximum absolute atomic E-state index is 12.7. The van der Waals surface area contributed by atoms with Crippen molar-refractivity contribution in [3.8, 4) is 27.9 Å². The van der Waals surface area contributed by atoms with Crippen LogP contribution in [0.5, 0.6) is 0 Å². The van der Waals surface area contributed by atoms with Crippen LogP contribution in [0.15, 0.2) is 75.2 Å². The molecule has 0 unspecified atom stereocenters. The summed E-state index contributed by atoms with van der Waals surface area (Å²) in [4.78, 5) is 17.3. The van der Waals surface area contributed by atoms with Crippen LogP contribution in [0.1, 0.15) is 16.2 Å². The van der Waals surface area contributed by atoms with Crippen LogP contribution < -0.4 is 5.32 Å². The predicted octanol–water partition coefficient (Wildman–Crippen LogP) is 4.80. The molecule has 9 heteroatoms. The van der Waals surface area contributed by atoms with Gasteiger partial charge in [-0.15, -0.1) is 11.3 Å². The largest absolute Gasteiger partial charge is 0.463 e. The van der Waals surface area contributed by atoms with Gasteiger partial charge in [0, 0.05) is 23.1 Å². The van der Waals surface area contributed by atoms with Crippen LogP contribution >= 0.6 is 11.3 Å². The number of hydrogen-bond acceptors (Lipinski definition) is 7. The van der Waals surface area contributed by atoms with Gasteiger partial charge in [-0.2, -0.15) is 9.78 Å². The van der Waals surface area contributed by atoms with Crippen molar-refractivity contribution in [2.24, 2.45) is 0 Å². The van der Waals surface area contributed by atoms with E-state index in [1.54, 1.807) is 29.1 Å². The highest BCUT2D eigenvalue weighted by Gasteiger charge is 2.18. The van der Waals surface area contributed by atoms with Crippen molar-refractivity contribution in [1.29, 1.82) is 0 Å². The van der Waals surface area contributed by atoms with E-state index in [1.807, 2.05) is 48.7 Å². The lowest BCUT2D eigenvalue weighted by molar-refractivity contribution is 0.101. The number of aryl methyl sites for hydroxylation is 1. The molecule has 0 saturated carbocycles. The molecule has 5 aromatic rings. The van der Waals surface area contributed by atoms with Gasteiger partial charge in [-0.05, 0) is 19.1 Å². The maximum atomic E-state index is 12.7. The quantitative estimate of drug-likeness (QED) is 0.441. The predicted molar refractivity (Wildman–Crippen MR) is 112 cm³/mol. The number of thiazole rings is 1.